The predicted molar refractivity (Wildman–Crippen MR) is 84.9 cm³/mol. The summed E-state index contributed by atoms with van der Waals surface area (Å²) in [6, 6.07) is 9.61. The van der Waals surface area contributed by atoms with Gasteiger partial charge in [-0.2, -0.15) is 11.8 Å². The first-order valence-electron chi connectivity index (χ1n) is 6.39. The molecule has 0 saturated carbocycles. The molecule has 0 aliphatic heterocycles. The number of carbonyl (C=O) groups is 1. The highest BCUT2D eigenvalue weighted by molar-refractivity contribution is 7.98. The number of fused-ring (bicyclic) bond motifs is 1. The molecular weight excluding hydrogens is 272 g/mol. The van der Waals surface area contributed by atoms with Gasteiger partial charge in [0, 0.05) is 29.9 Å². The van der Waals surface area contributed by atoms with E-state index >= 15 is 0 Å². The Hall–Kier alpha value is -1.75. The fraction of sp³-hybridized carbons (Fsp3) is 0.333. The molecule has 1 aromatic heterocycles. The third-order valence-corrected chi connectivity index (χ3v) is 4.18. The number of aromatic carboxylic acids is 1. The second kappa shape index (κ2) is 6.13. The van der Waals surface area contributed by atoms with E-state index in [1.807, 2.05) is 31.3 Å². The van der Waals surface area contributed by atoms with Crippen molar-refractivity contribution < 1.29 is 9.90 Å². The number of pyridine rings is 1. The van der Waals surface area contributed by atoms with E-state index in [1.165, 1.54) is 0 Å². The predicted octanol–water partition coefficient (Wildman–Crippen LogP) is 3.12. The Kier molecular flexibility index (Phi) is 4.49. The molecule has 1 unspecified atom stereocenters. The minimum atomic E-state index is -0.997. The quantitative estimate of drug-likeness (QED) is 0.917. The van der Waals surface area contributed by atoms with E-state index in [0.717, 1.165) is 16.8 Å². The van der Waals surface area contributed by atoms with Gasteiger partial charge in [0.25, 0.3) is 0 Å². The number of benzene rings is 1. The van der Waals surface area contributed by atoms with Gasteiger partial charge in [-0.25, -0.2) is 9.78 Å². The third kappa shape index (κ3) is 2.88. The number of para-hydroxylation sites is 1. The first kappa shape index (κ1) is 14.7. The molecule has 0 bridgehead atoms. The van der Waals surface area contributed by atoms with Crippen molar-refractivity contribution >= 4 is 34.3 Å². The van der Waals surface area contributed by atoms with Crippen molar-refractivity contribution in [1.29, 1.82) is 0 Å². The fourth-order valence-corrected chi connectivity index (χ4v) is 2.85. The van der Waals surface area contributed by atoms with Crippen LogP contribution in [-0.4, -0.2) is 41.2 Å². The van der Waals surface area contributed by atoms with Crippen LogP contribution in [0.4, 0.5) is 5.69 Å². The molecule has 106 valence electrons. The van der Waals surface area contributed by atoms with Crippen molar-refractivity contribution in [3.63, 3.8) is 0 Å². The maximum absolute atomic E-state index is 11.2. The Morgan fingerprint density at radius 3 is 2.80 bits per heavy atom. The standard InChI is InChI=1S/C15H18N2O2S/c1-10(9-20-3)17(2)14-8-13(15(18)19)16-12-7-5-4-6-11(12)14/h4-8,10H,9H2,1-3H3,(H,18,19). The van der Waals surface area contributed by atoms with Gasteiger partial charge in [0.2, 0.25) is 0 Å². The molecule has 0 aliphatic rings. The lowest BCUT2D eigenvalue weighted by Crippen LogP contribution is -2.31. The average molecular weight is 290 g/mol. The molecule has 1 aromatic carbocycles. The molecule has 0 aliphatic carbocycles. The zero-order valence-electron chi connectivity index (χ0n) is 11.8. The molecule has 0 saturated heterocycles. The van der Waals surface area contributed by atoms with Crippen molar-refractivity contribution in [2.75, 3.05) is 24.0 Å². The normalized spacial score (nSPS) is 12.3. The maximum Gasteiger partial charge on any atom is 0.354 e. The summed E-state index contributed by atoms with van der Waals surface area (Å²) in [5, 5.41) is 10.2. The van der Waals surface area contributed by atoms with Crippen LogP contribution in [-0.2, 0) is 0 Å². The van der Waals surface area contributed by atoms with Crippen molar-refractivity contribution in [2.24, 2.45) is 0 Å². The van der Waals surface area contributed by atoms with E-state index in [4.69, 9.17) is 0 Å². The van der Waals surface area contributed by atoms with Crippen molar-refractivity contribution in [3.8, 4) is 0 Å². The number of aromatic nitrogens is 1. The van der Waals surface area contributed by atoms with Gasteiger partial charge in [0.1, 0.15) is 0 Å². The molecule has 0 fully saturated rings. The Balaban J connectivity index is 2.57. The lowest BCUT2D eigenvalue weighted by Gasteiger charge is -2.27. The number of hydrogen-bond acceptors (Lipinski definition) is 4. The highest BCUT2D eigenvalue weighted by Gasteiger charge is 2.16. The summed E-state index contributed by atoms with van der Waals surface area (Å²) in [7, 11) is 1.99. The second-order valence-electron chi connectivity index (χ2n) is 4.76. The van der Waals surface area contributed by atoms with Crippen LogP contribution in [0.15, 0.2) is 30.3 Å². The maximum atomic E-state index is 11.2. The van der Waals surface area contributed by atoms with E-state index in [9.17, 15) is 9.90 Å². The molecule has 1 heterocycles. The molecule has 0 spiro atoms. The van der Waals surface area contributed by atoms with Gasteiger partial charge in [-0.1, -0.05) is 18.2 Å². The summed E-state index contributed by atoms with van der Waals surface area (Å²) in [4.78, 5) is 17.5. The van der Waals surface area contributed by atoms with Crippen molar-refractivity contribution in [2.45, 2.75) is 13.0 Å². The van der Waals surface area contributed by atoms with Crippen LogP contribution in [0, 0.1) is 0 Å². The van der Waals surface area contributed by atoms with Gasteiger partial charge in [0.05, 0.1) is 5.52 Å². The van der Waals surface area contributed by atoms with E-state index in [2.05, 4.69) is 23.1 Å². The SMILES string of the molecule is CSCC(C)N(C)c1cc(C(=O)O)nc2ccccc12. The lowest BCUT2D eigenvalue weighted by molar-refractivity contribution is 0.0691. The average Bonchev–Trinajstić information content (AvgIpc) is 2.45. The summed E-state index contributed by atoms with van der Waals surface area (Å²) in [6.45, 7) is 2.13. The molecular formula is C15H18N2O2S. The number of hydrogen-bond donors (Lipinski definition) is 1. The Labute approximate surface area is 122 Å². The third-order valence-electron chi connectivity index (χ3n) is 3.36. The Bertz CT molecular complexity index is 630. The summed E-state index contributed by atoms with van der Waals surface area (Å²) in [6.07, 6.45) is 2.07. The monoisotopic (exact) mass is 290 g/mol. The van der Waals surface area contributed by atoms with Gasteiger partial charge in [0.15, 0.2) is 5.69 Å². The number of thioether (sulfide) groups is 1. The number of rotatable bonds is 5. The first-order chi connectivity index (χ1) is 9.54. The highest BCUT2D eigenvalue weighted by atomic mass is 32.2. The van der Waals surface area contributed by atoms with Crippen molar-refractivity contribution in [3.05, 3.63) is 36.0 Å². The van der Waals surface area contributed by atoms with Crippen LogP contribution in [0.3, 0.4) is 0 Å². The van der Waals surface area contributed by atoms with Crippen LogP contribution in [0.2, 0.25) is 0 Å². The Morgan fingerprint density at radius 1 is 1.45 bits per heavy atom. The van der Waals surface area contributed by atoms with Gasteiger partial charge in [-0.3, -0.25) is 0 Å². The van der Waals surface area contributed by atoms with Gasteiger partial charge >= 0.3 is 5.97 Å². The van der Waals surface area contributed by atoms with E-state index < -0.39 is 5.97 Å². The summed E-state index contributed by atoms with van der Waals surface area (Å²) >= 11 is 1.78. The van der Waals surface area contributed by atoms with Crippen LogP contribution >= 0.6 is 11.8 Å². The zero-order chi connectivity index (χ0) is 14.7. The summed E-state index contributed by atoms with van der Waals surface area (Å²) in [5.41, 5.74) is 1.71. The number of carboxylic acids is 1. The van der Waals surface area contributed by atoms with E-state index in [-0.39, 0.29) is 5.69 Å². The molecule has 4 nitrogen and oxygen atoms in total. The molecule has 20 heavy (non-hydrogen) atoms. The smallest absolute Gasteiger partial charge is 0.354 e. The molecule has 1 N–H and O–H groups in total. The largest absolute Gasteiger partial charge is 0.477 e. The highest BCUT2D eigenvalue weighted by Crippen LogP contribution is 2.27. The molecule has 2 rings (SSSR count). The van der Waals surface area contributed by atoms with Crippen LogP contribution in [0.25, 0.3) is 10.9 Å². The van der Waals surface area contributed by atoms with Gasteiger partial charge in [-0.05, 0) is 25.3 Å². The van der Waals surface area contributed by atoms with Crippen molar-refractivity contribution in [1.82, 2.24) is 4.98 Å². The topological polar surface area (TPSA) is 53.4 Å². The summed E-state index contributed by atoms with van der Waals surface area (Å²) in [5.74, 6) is -0.0156. The zero-order valence-corrected chi connectivity index (χ0v) is 12.6. The minimum Gasteiger partial charge on any atom is -0.477 e. The van der Waals surface area contributed by atoms with Crippen LogP contribution < -0.4 is 4.90 Å². The van der Waals surface area contributed by atoms with Gasteiger partial charge < -0.3 is 10.0 Å². The number of nitrogens with zero attached hydrogens (tertiary/aromatic N) is 2. The summed E-state index contributed by atoms with van der Waals surface area (Å²) < 4.78 is 0. The minimum absolute atomic E-state index is 0.0851. The van der Waals surface area contributed by atoms with Crippen LogP contribution in [0.5, 0.6) is 0 Å². The number of carboxylic acid groups (broad SMARTS) is 1. The number of anilines is 1. The molecule has 0 radical (unpaired) electrons. The van der Waals surface area contributed by atoms with Gasteiger partial charge in [-0.15, -0.1) is 0 Å². The van der Waals surface area contributed by atoms with Crippen LogP contribution in [0.1, 0.15) is 17.4 Å². The fourth-order valence-electron chi connectivity index (χ4n) is 2.15. The first-order valence-corrected chi connectivity index (χ1v) is 7.79. The van der Waals surface area contributed by atoms with E-state index in [1.54, 1.807) is 17.8 Å². The molecule has 5 heteroatoms. The Morgan fingerprint density at radius 2 is 2.15 bits per heavy atom. The molecule has 1 atom stereocenters. The van der Waals surface area contributed by atoms with E-state index in [0.29, 0.717) is 11.6 Å². The second-order valence-corrected chi connectivity index (χ2v) is 5.67. The lowest BCUT2D eigenvalue weighted by atomic mass is 10.1. The molecule has 2 aromatic rings. The molecule has 0 amide bonds.